The quantitative estimate of drug-likeness (QED) is 0.361. The number of aromatic nitrogens is 2. The average Bonchev–Trinajstić information content (AvgIpc) is 3.48. The minimum absolute atomic E-state index is 0. The van der Waals surface area contributed by atoms with Crippen molar-refractivity contribution in [3.63, 3.8) is 0 Å². The molecule has 2 saturated heterocycles. The number of hydrogen-bond donors (Lipinski definition) is 0. The summed E-state index contributed by atoms with van der Waals surface area (Å²) in [4.78, 5) is 10.5. The lowest BCUT2D eigenvalue weighted by Gasteiger charge is -2.28. The summed E-state index contributed by atoms with van der Waals surface area (Å²) in [6.45, 7) is 11.1. The molecular formula is C26H37Cl3N4S. The number of hydrogen-bond acceptors (Lipinski definition) is 3. The molecule has 34 heavy (non-hydrogen) atoms. The third-order valence-corrected chi connectivity index (χ3v) is 7.46. The number of benzene rings is 2. The highest BCUT2D eigenvalue weighted by molar-refractivity contribution is 7.59. The molecule has 0 unspecified atom stereocenters. The van der Waals surface area contributed by atoms with E-state index in [2.05, 4.69) is 52.5 Å². The summed E-state index contributed by atoms with van der Waals surface area (Å²) in [7, 11) is 0. The summed E-state index contributed by atoms with van der Waals surface area (Å²) in [5.74, 6) is 1.18. The van der Waals surface area contributed by atoms with Crippen LogP contribution in [0.15, 0.2) is 36.4 Å². The summed E-state index contributed by atoms with van der Waals surface area (Å²) in [5.41, 5.74) is 6.25. The minimum Gasteiger partial charge on any atom is -0.322 e. The van der Waals surface area contributed by atoms with Gasteiger partial charge in [0.25, 0.3) is 0 Å². The topological polar surface area (TPSA) is 24.3 Å². The number of imidazole rings is 1. The first kappa shape index (κ1) is 29.3. The third kappa shape index (κ3) is 6.43. The van der Waals surface area contributed by atoms with Gasteiger partial charge in [-0.2, -0.15) is 13.5 Å². The van der Waals surface area contributed by atoms with Gasteiger partial charge in [0.2, 0.25) is 0 Å². The van der Waals surface area contributed by atoms with Gasteiger partial charge in [-0.05, 0) is 100 Å². The van der Waals surface area contributed by atoms with E-state index < -0.39 is 0 Å². The molecule has 0 bridgehead atoms. The number of rotatable bonds is 6. The number of fused-ring (bicyclic) bond motifs is 1. The van der Waals surface area contributed by atoms with Gasteiger partial charge in [-0.3, -0.25) is 4.90 Å². The summed E-state index contributed by atoms with van der Waals surface area (Å²) in [5, 5.41) is 0.785. The van der Waals surface area contributed by atoms with Crippen molar-refractivity contribution in [3.8, 4) is 0 Å². The van der Waals surface area contributed by atoms with Crippen LogP contribution in [0.4, 0.5) is 0 Å². The summed E-state index contributed by atoms with van der Waals surface area (Å²) < 4.78 is 2.43. The van der Waals surface area contributed by atoms with Crippen molar-refractivity contribution >= 4 is 60.9 Å². The molecule has 0 amide bonds. The first-order valence-electron chi connectivity index (χ1n) is 11.7. The molecule has 1 atom stereocenters. The minimum atomic E-state index is 0. The SMILES string of the molecule is Cc1cc2nc(CN3CCC[C@H]3CN3CCCC3)n(Cc3ccc(Cl)cc3)c2cc1C.Cl.Cl.S. The van der Waals surface area contributed by atoms with Gasteiger partial charge in [-0.25, -0.2) is 4.98 Å². The zero-order chi connectivity index (χ0) is 21.4. The number of likely N-dealkylation sites (tertiary alicyclic amines) is 2. The second-order valence-electron chi connectivity index (χ2n) is 9.44. The lowest BCUT2D eigenvalue weighted by molar-refractivity contribution is 0.181. The van der Waals surface area contributed by atoms with Crippen LogP contribution in [0, 0.1) is 13.8 Å². The summed E-state index contributed by atoms with van der Waals surface area (Å²) >= 11 is 6.13. The Labute approximate surface area is 228 Å². The largest absolute Gasteiger partial charge is 0.322 e. The van der Waals surface area contributed by atoms with Crippen molar-refractivity contribution in [1.82, 2.24) is 19.4 Å². The Kier molecular flexibility index (Phi) is 11.1. The summed E-state index contributed by atoms with van der Waals surface area (Å²) in [6, 6.07) is 13.4. The molecule has 0 N–H and O–H groups in total. The molecule has 0 spiro atoms. The molecule has 2 aromatic carbocycles. The van der Waals surface area contributed by atoms with Gasteiger partial charge >= 0.3 is 0 Å². The number of halogens is 3. The van der Waals surface area contributed by atoms with E-state index in [9.17, 15) is 0 Å². The summed E-state index contributed by atoms with van der Waals surface area (Å²) in [6.07, 6.45) is 5.34. The Hall–Kier alpha value is -0.950. The van der Waals surface area contributed by atoms with Crippen LogP contribution in [0.1, 0.15) is 48.2 Å². The van der Waals surface area contributed by atoms with Gasteiger partial charge in [0.1, 0.15) is 5.82 Å². The lowest BCUT2D eigenvalue weighted by atomic mass is 10.1. The Morgan fingerprint density at radius 2 is 1.59 bits per heavy atom. The average molecular weight is 544 g/mol. The maximum absolute atomic E-state index is 6.13. The molecule has 3 heterocycles. The van der Waals surface area contributed by atoms with Gasteiger partial charge in [0.15, 0.2) is 0 Å². The van der Waals surface area contributed by atoms with Gasteiger partial charge in [-0.1, -0.05) is 23.7 Å². The fraction of sp³-hybridized carbons (Fsp3) is 0.500. The molecule has 2 aliphatic heterocycles. The van der Waals surface area contributed by atoms with Crippen molar-refractivity contribution in [2.24, 2.45) is 0 Å². The molecule has 2 fully saturated rings. The number of nitrogens with zero attached hydrogens (tertiary/aromatic N) is 4. The van der Waals surface area contributed by atoms with E-state index in [1.54, 1.807) is 0 Å². The van der Waals surface area contributed by atoms with Crippen LogP contribution in [0.25, 0.3) is 11.0 Å². The molecular weight excluding hydrogens is 507 g/mol. The Morgan fingerprint density at radius 1 is 0.912 bits per heavy atom. The van der Waals surface area contributed by atoms with Crippen LogP contribution < -0.4 is 0 Å². The maximum Gasteiger partial charge on any atom is 0.124 e. The fourth-order valence-electron chi connectivity index (χ4n) is 5.25. The van der Waals surface area contributed by atoms with Crippen LogP contribution in [-0.2, 0) is 13.1 Å². The van der Waals surface area contributed by atoms with E-state index in [0.29, 0.717) is 6.04 Å². The van der Waals surface area contributed by atoms with Crippen molar-refractivity contribution in [3.05, 3.63) is 63.9 Å². The Morgan fingerprint density at radius 3 is 2.29 bits per heavy atom. The molecule has 3 aromatic rings. The van der Waals surface area contributed by atoms with Crippen molar-refractivity contribution in [1.29, 1.82) is 0 Å². The number of aryl methyl sites for hydroxylation is 2. The van der Waals surface area contributed by atoms with E-state index in [0.717, 1.165) is 23.6 Å². The van der Waals surface area contributed by atoms with Gasteiger partial charge in [-0.15, -0.1) is 24.8 Å². The van der Waals surface area contributed by atoms with Gasteiger partial charge in [0.05, 0.1) is 17.6 Å². The Bertz CT molecular complexity index is 1060. The highest BCUT2D eigenvalue weighted by Crippen LogP contribution is 2.27. The second-order valence-corrected chi connectivity index (χ2v) is 9.88. The molecule has 2 aliphatic rings. The van der Waals surface area contributed by atoms with Gasteiger partial charge in [0, 0.05) is 24.2 Å². The van der Waals surface area contributed by atoms with E-state index in [1.165, 1.54) is 79.9 Å². The lowest BCUT2D eigenvalue weighted by Crippen LogP contribution is -2.39. The molecule has 1 aromatic heterocycles. The molecule has 4 nitrogen and oxygen atoms in total. The standard InChI is InChI=1S/C26H33ClN4.2ClH.H2S/c1-19-14-24-25(15-20(19)2)31(16-21-7-9-22(27)10-8-21)26(28-24)18-30-13-5-6-23(30)17-29-11-3-4-12-29;;;/h7-10,14-15,23H,3-6,11-13,16-18H2,1-2H3;2*1H;1H2/t23-;;;/m0.../s1. The van der Waals surface area contributed by atoms with Crippen LogP contribution in [0.2, 0.25) is 5.02 Å². The van der Waals surface area contributed by atoms with E-state index in [1.807, 2.05) is 12.1 Å². The zero-order valence-corrected chi connectivity index (χ0v) is 23.5. The molecule has 0 saturated carbocycles. The first-order valence-corrected chi connectivity index (χ1v) is 12.1. The smallest absolute Gasteiger partial charge is 0.124 e. The highest BCUT2D eigenvalue weighted by atomic mass is 35.5. The van der Waals surface area contributed by atoms with E-state index in [-0.39, 0.29) is 38.3 Å². The third-order valence-electron chi connectivity index (χ3n) is 7.21. The monoisotopic (exact) mass is 542 g/mol. The van der Waals surface area contributed by atoms with Crippen LogP contribution >= 0.6 is 49.9 Å². The fourth-order valence-corrected chi connectivity index (χ4v) is 5.38. The second kappa shape index (κ2) is 12.8. The molecule has 188 valence electrons. The molecule has 8 heteroatoms. The maximum atomic E-state index is 6.13. The zero-order valence-electron chi connectivity index (χ0n) is 20.1. The normalized spacial score (nSPS) is 18.5. The van der Waals surface area contributed by atoms with E-state index >= 15 is 0 Å². The van der Waals surface area contributed by atoms with Gasteiger partial charge < -0.3 is 9.47 Å². The first-order chi connectivity index (χ1) is 15.1. The van der Waals surface area contributed by atoms with Crippen LogP contribution in [0.5, 0.6) is 0 Å². The van der Waals surface area contributed by atoms with Crippen molar-refractivity contribution in [2.45, 2.75) is 58.7 Å². The van der Waals surface area contributed by atoms with Crippen LogP contribution in [0.3, 0.4) is 0 Å². The molecule has 0 aliphatic carbocycles. The van der Waals surface area contributed by atoms with Crippen LogP contribution in [-0.4, -0.2) is 51.6 Å². The predicted octanol–water partition coefficient (Wildman–Crippen LogP) is 6.37. The Balaban J connectivity index is 0.00000136. The molecule has 0 radical (unpaired) electrons. The van der Waals surface area contributed by atoms with Crippen molar-refractivity contribution in [2.75, 3.05) is 26.2 Å². The van der Waals surface area contributed by atoms with Crippen molar-refractivity contribution < 1.29 is 0 Å². The van der Waals surface area contributed by atoms with E-state index in [4.69, 9.17) is 16.6 Å². The predicted molar refractivity (Wildman–Crippen MR) is 154 cm³/mol. The molecule has 5 rings (SSSR count). The highest BCUT2D eigenvalue weighted by Gasteiger charge is 2.29.